The Bertz CT molecular complexity index is 332. The lowest BCUT2D eigenvalue weighted by molar-refractivity contribution is -0.0119. The quantitative estimate of drug-likeness (QED) is 0.869. The van der Waals surface area contributed by atoms with Gasteiger partial charge < -0.3 is 15.2 Å². The molecule has 4 heteroatoms. The van der Waals surface area contributed by atoms with Crippen molar-refractivity contribution < 1.29 is 9.47 Å². The maximum Gasteiger partial charge on any atom is 0.213 e. The van der Waals surface area contributed by atoms with E-state index in [1.54, 1.807) is 6.20 Å². The molecule has 1 fully saturated rings. The SMILES string of the molecule is C[C@H](N)c1ccc(OCC2CCCCO2)nc1. The second-order valence-corrected chi connectivity index (χ2v) is 4.52. The van der Waals surface area contributed by atoms with Crippen LogP contribution in [0.3, 0.4) is 0 Å². The molecular weight excluding hydrogens is 216 g/mol. The van der Waals surface area contributed by atoms with Crippen molar-refractivity contribution in [3.8, 4) is 5.88 Å². The Morgan fingerprint density at radius 1 is 1.53 bits per heavy atom. The van der Waals surface area contributed by atoms with Gasteiger partial charge in [0, 0.05) is 24.9 Å². The Kier molecular flexibility index (Phi) is 4.34. The summed E-state index contributed by atoms with van der Waals surface area (Å²) in [5, 5.41) is 0. The topological polar surface area (TPSA) is 57.4 Å². The van der Waals surface area contributed by atoms with Crippen molar-refractivity contribution in [1.29, 1.82) is 0 Å². The van der Waals surface area contributed by atoms with Crippen molar-refractivity contribution in [2.24, 2.45) is 5.73 Å². The van der Waals surface area contributed by atoms with Gasteiger partial charge in [0.15, 0.2) is 0 Å². The van der Waals surface area contributed by atoms with Crippen molar-refractivity contribution in [2.75, 3.05) is 13.2 Å². The summed E-state index contributed by atoms with van der Waals surface area (Å²) in [6.07, 6.45) is 5.46. The molecule has 0 radical (unpaired) electrons. The molecule has 0 aliphatic carbocycles. The number of nitrogens with zero attached hydrogens (tertiary/aromatic N) is 1. The van der Waals surface area contributed by atoms with Crippen molar-refractivity contribution in [2.45, 2.75) is 38.3 Å². The molecule has 2 rings (SSSR count). The Labute approximate surface area is 102 Å². The van der Waals surface area contributed by atoms with E-state index in [0.717, 1.165) is 25.0 Å². The highest BCUT2D eigenvalue weighted by atomic mass is 16.5. The van der Waals surface area contributed by atoms with E-state index in [9.17, 15) is 0 Å². The van der Waals surface area contributed by atoms with E-state index in [2.05, 4.69) is 4.98 Å². The zero-order chi connectivity index (χ0) is 12.1. The van der Waals surface area contributed by atoms with Crippen LogP contribution in [0.5, 0.6) is 5.88 Å². The van der Waals surface area contributed by atoms with E-state index in [1.807, 2.05) is 19.1 Å². The first kappa shape index (κ1) is 12.3. The summed E-state index contributed by atoms with van der Waals surface area (Å²) < 4.78 is 11.2. The highest BCUT2D eigenvalue weighted by molar-refractivity contribution is 5.19. The maximum atomic E-state index is 5.75. The molecule has 0 aromatic carbocycles. The van der Waals surface area contributed by atoms with Crippen molar-refractivity contribution in [1.82, 2.24) is 4.98 Å². The van der Waals surface area contributed by atoms with Gasteiger partial charge >= 0.3 is 0 Å². The second kappa shape index (κ2) is 5.98. The van der Waals surface area contributed by atoms with E-state index in [1.165, 1.54) is 6.42 Å². The lowest BCUT2D eigenvalue weighted by Crippen LogP contribution is -2.26. The monoisotopic (exact) mass is 236 g/mol. The third-order valence-corrected chi connectivity index (χ3v) is 2.98. The van der Waals surface area contributed by atoms with Gasteiger partial charge in [0.1, 0.15) is 6.61 Å². The molecule has 1 aromatic rings. The summed E-state index contributed by atoms with van der Waals surface area (Å²) in [5.74, 6) is 0.642. The Hall–Kier alpha value is -1.13. The number of nitrogens with two attached hydrogens (primary N) is 1. The molecule has 17 heavy (non-hydrogen) atoms. The van der Waals surface area contributed by atoms with Gasteiger partial charge in [-0.15, -0.1) is 0 Å². The number of hydrogen-bond acceptors (Lipinski definition) is 4. The van der Waals surface area contributed by atoms with Crippen LogP contribution in [0.1, 0.15) is 37.8 Å². The average Bonchev–Trinajstić information content (AvgIpc) is 2.38. The van der Waals surface area contributed by atoms with E-state index < -0.39 is 0 Å². The molecular formula is C13H20N2O2. The smallest absolute Gasteiger partial charge is 0.213 e. The van der Waals surface area contributed by atoms with E-state index in [-0.39, 0.29) is 12.1 Å². The number of pyridine rings is 1. The average molecular weight is 236 g/mol. The third kappa shape index (κ3) is 3.68. The van der Waals surface area contributed by atoms with Gasteiger partial charge in [0.05, 0.1) is 6.10 Å². The number of rotatable bonds is 4. The van der Waals surface area contributed by atoms with Crippen molar-refractivity contribution in [3.05, 3.63) is 23.9 Å². The Morgan fingerprint density at radius 3 is 3.00 bits per heavy atom. The van der Waals surface area contributed by atoms with E-state index >= 15 is 0 Å². The first-order chi connectivity index (χ1) is 8.25. The molecule has 2 N–H and O–H groups in total. The van der Waals surface area contributed by atoms with Crippen LogP contribution in [0.2, 0.25) is 0 Å². The van der Waals surface area contributed by atoms with E-state index in [0.29, 0.717) is 12.5 Å². The van der Waals surface area contributed by atoms with Gasteiger partial charge in [-0.2, -0.15) is 0 Å². The normalized spacial score (nSPS) is 22.1. The minimum Gasteiger partial charge on any atom is -0.475 e. The molecule has 0 spiro atoms. The van der Waals surface area contributed by atoms with Crippen LogP contribution in [-0.2, 0) is 4.74 Å². The van der Waals surface area contributed by atoms with Gasteiger partial charge in [-0.1, -0.05) is 6.07 Å². The molecule has 0 bridgehead atoms. The Balaban J connectivity index is 1.82. The van der Waals surface area contributed by atoms with Crippen molar-refractivity contribution >= 4 is 0 Å². The molecule has 94 valence electrons. The minimum absolute atomic E-state index is 0.0122. The van der Waals surface area contributed by atoms with Gasteiger partial charge in [0.2, 0.25) is 5.88 Å². The Morgan fingerprint density at radius 2 is 2.41 bits per heavy atom. The zero-order valence-corrected chi connectivity index (χ0v) is 10.3. The molecule has 1 aromatic heterocycles. The highest BCUT2D eigenvalue weighted by Crippen LogP contribution is 2.16. The molecule has 1 saturated heterocycles. The van der Waals surface area contributed by atoms with Crippen LogP contribution in [-0.4, -0.2) is 24.3 Å². The van der Waals surface area contributed by atoms with Gasteiger partial charge in [-0.3, -0.25) is 0 Å². The van der Waals surface area contributed by atoms with Crippen LogP contribution in [0.25, 0.3) is 0 Å². The van der Waals surface area contributed by atoms with Crippen LogP contribution in [0.4, 0.5) is 0 Å². The summed E-state index contributed by atoms with van der Waals surface area (Å²) >= 11 is 0. The first-order valence-electron chi connectivity index (χ1n) is 6.21. The molecule has 2 heterocycles. The fraction of sp³-hybridized carbons (Fsp3) is 0.615. The van der Waals surface area contributed by atoms with Crippen LogP contribution < -0.4 is 10.5 Å². The summed E-state index contributed by atoms with van der Waals surface area (Å²) in [5.41, 5.74) is 6.77. The number of aromatic nitrogens is 1. The summed E-state index contributed by atoms with van der Waals surface area (Å²) in [6.45, 7) is 3.38. The summed E-state index contributed by atoms with van der Waals surface area (Å²) in [4.78, 5) is 4.23. The molecule has 1 aliphatic heterocycles. The van der Waals surface area contributed by atoms with Crippen LogP contribution >= 0.6 is 0 Å². The first-order valence-corrected chi connectivity index (χ1v) is 6.21. The fourth-order valence-corrected chi connectivity index (χ4v) is 1.86. The lowest BCUT2D eigenvalue weighted by atomic mass is 10.1. The fourth-order valence-electron chi connectivity index (χ4n) is 1.86. The third-order valence-electron chi connectivity index (χ3n) is 2.98. The molecule has 4 nitrogen and oxygen atoms in total. The largest absolute Gasteiger partial charge is 0.475 e. The predicted molar refractivity (Wildman–Crippen MR) is 65.9 cm³/mol. The number of hydrogen-bond donors (Lipinski definition) is 1. The van der Waals surface area contributed by atoms with E-state index in [4.69, 9.17) is 15.2 Å². The van der Waals surface area contributed by atoms with Gasteiger partial charge in [-0.05, 0) is 31.7 Å². The molecule has 0 saturated carbocycles. The summed E-state index contributed by atoms with van der Waals surface area (Å²) in [7, 11) is 0. The van der Waals surface area contributed by atoms with Crippen LogP contribution in [0.15, 0.2) is 18.3 Å². The zero-order valence-electron chi connectivity index (χ0n) is 10.3. The molecule has 1 aliphatic rings. The molecule has 1 unspecified atom stereocenters. The number of ether oxygens (including phenoxy) is 2. The molecule has 0 amide bonds. The predicted octanol–water partition coefficient (Wildman–Crippen LogP) is 2.05. The summed E-state index contributed by atoms with van der Waals surface area (Å²) in [6, 6.07) is 3.83. The van der Waals surface area contributed by atoms with Gasteiger partial charge in [0.25, 0.3) is 0 Å². The lowest BCUT2D eigenvalue weighted by Gasteiger charge is -2.22. The molecule has 2 atom stereocenters. The van der Waals surface area contributed by atoms with Gasteiger partial charge in [-0.25, -0.2) is 4.98 Å². The van der Waals surface area contributed by atoms with Crippen molar-refractivity contribution in [3.63, 3.8) is 0 Å². The highest BCUT2D eigenvalue weighted by Gasteiger charge is 2.14. The minimum atomic E-state index is 0.0122. The van der Waals surface area contributed by atoms with Crippen LogP contribution in [0, 0.1) is 0 Å². The standard InChI is InChI=1S/C13H20N2O2/c1-10(14)11-5-6-13(15-8-11)17-9-12-4-2-3-7-16-12/h5-6,8,10,12H,2-4,7,9,14H2,1H3/t10-,12?/m0/s1. The second-order valence-electron chi connectivity index (χ2n) is 4.52. The maximum absolute atomic E-state index is 5.75.